The molecule has 0 bridgehead atoms. The third-order valence-corrected chi connectivity index (χ3v) is 4.43. The van der Waals surface area contributed by atoms with Crippen molar-refractivity contribution in [2.24, 2.45) is 0 Å². The van der Waals surface area contributed by atoms with Gasteiger partial charge in [0.25, 0.3) is 0 Å². The molecule has 2 rings (SSSR count). The van der Waals surface area contributed by atoms with E-state index in [9.17, 15) is 4.79 Å². The van der Waals surface area contributed by atoms with Crippen molar-refractivity contribution in [1.29, 1.82) is 0 Å². The summed E-state index contributed by atoms with van der Waals surface area (Å²) in [6, 6.07) is 0.305. The van der Waals surface area contributed by atoms with Crippen LogP contribution < -0.4 is 10.2 Å². The van der Waals surface area contributed by atoms with Gasteiger partial charge < -0.3 is 15.3 Å². The van der Waals surface area contributed by atoms with E-state index in [1.54, 1.807) is 6.20 Å². The van der Waals surface area contributed by atoms with E-state index in [1.165, 1.54) is 32.1 Å². The highest BCUT2D eigenvalue weighted by Gasteiger charge is 2.21. The molecular weight excluding hydrogens is 280 g/mol. The molecule has 1 saturated carbocycles. The van der Waals surface area contributed by atoms with Gasteiger partial charge in [0, 0.05) is 30.5 Å². The quantitative estimate of drug-likeness (QED) is 0.866. The van der Waals surface area contributed by atoms with Crippen molar-refractivity contribution in [3.63, 3.8) is 0 Å². The second-order valence-corrected chi connectivity index (χ2v) is 6.06. The smallest absolute Gasteiger partial charge is 0.246 e. The van der Waals surface area contributed by atoms with Crippen LogP contribution in [-0.4, -0.2) is 40.7 Å². The van der Waals surface area contributed by atoms with E-state index in [4.69, 9.17) is 5.11 Å². The lowest BCUT2D eigenvalue weighted by Gasteiger charge is -2.31. The van der Waals surface area contributed by atoms with Crippen LogP contribution in [0.1, 0.15) is 56.3 Å². The molecule has 0 spiro atoms. The Morgan fingerprint density at radius 3 is 2.73 bits per heavy atom. The van der Waals surface area contributed by atoms with Crippen molar-refractivity contribution < 1.29 is 9.90 Å². The second-order valence-electron chi connectivity index (χ2n) is 6.06. The van der Waals surface area contributed by atoms with Gasteiger partial charge in [-0.3, -0.25) is 4.79 Å². The van der Waals surface area contributed by atoms with Crippen LogP contribution in [-0.2, 0) is 4.79 Å². The molecule has 0 saturated heterocycles. The van der Waals surface area contributed by atoms with Gasteiger partial charge in [-0.15, -0.1) is 0 Å². The molecule has 1 atom stereocenters. The number of nitrogens with zero attached hydrogens (tertiary/aromatic N) is 3. The summed E-state index contributed by atoms with van der Waals surface area (Å²) in [5.41, 5.74) is 1.74. The number of aryl methyl sites for hydroxylation is 1. The zero-order valence-corrected chi connectivity index (χ0v) is 13.7. The standard InChI is InChI=1S/C16H26N4O2/c1-11(18-15(22)10-21)14-9-17-16(19-12(14)2)20(3)13-7-5-4-6-8-13/h9,11,13,21H,4-8,10H2,1-3H3,(H,18,22)/t11-/m1/s1. The number of aliphatic hydroxyl groups is 1. The molecule has 22 heavy (non-hydrogen) atoms. The van der Waals surface area contributed by atoms with Crippen molar-refractivity contribution in [3.8, 4) is 0 Å². The van der Waals surface area contributed by atoms with E-state index >= 15 is 0 Å². The Morgan fingerprint density at radius 2 is 2.14 bits per heavy atom. The summed E-state index contributed by atoms with van der Waals surface area (Å²) in [6.07, 6.45) is 8.05. The van der Waals surface area contributed by atoms with E-state index in [-0.39, 0.29) is 6.04 Å². The fraction of sp³-hybridized carbons (Fsp3) is 0.688. The summed E-state index contributed by atoms with van der Waals surface area (Å²) in [7, 11) is 2.06. The predicted molar refractivity (Wildman–Crippen MR) is 85.7 cm³/mol. The molecule has 2 N–H and O–H groups in total. The van der Waals surface area contributed by atoms with Gasteiger partial charge >= 0.3 is 0 Å². The van der Waals surface area contributed by atoms with Crippen LogP contribution >= 0.6 is 0 Å². The Bertz CT molecular complexity index is 515. The highest BCUT2D eigenvalue weighted by atomic mass is 16.3. The Balaban J connectivity index is 2.09. The summed E-state index contributed by atoms with van der Waals surface area (Å²) < 4.78 is 0. The summed E-state index contributed by atoms with van der Waals surface area (Å²) in [6.45, 7) is 3.29. The van der Waals surface area contributed by atoms with Crippen molar-refractivity contribution in [2.45, 2.75) is 58.0 Å². The van der Waals surface area contributed by atoms with Crippen molar-refractivity contribution in [3.05, 3.63) is 17.5 Å². The van der Waals surface area contributed by atoms with Crippen molar-refractivity contribution in [1.82, 2.24) is 15.3 Å². The molecule has 1 aliphatic carbocycles. The summed E-state index contributed by atoms with van der Waals surface area (Å²) >= 11 is 0. The first-order valence-corrected chi connectivity index (χ1v) is 7.99. The highest BCUT2D eigenvalue weighted by Crippen LogP contribution is 2.25. The van der Waals surface area contributed by atoms with Gasteiger partial charge in [0.15, 0.2) is 0 Å². The number of amides is 1. The maximum atomic E-state index is 11.3. The predicted octanol–water partition coefficient (Wildman–Crippen LogP) is 1.72. The first-order valence-electron chi connectivity index (χ1n) is 7.99. The van der Waals surface area contributed by atoms with E-state index in [0.717, 1.165) is 17.2 Å². The maximum Gasteiger partial charge on any atom is 0.246 e. The van der Waals surface area contributed by atoms with Crippen LogP contribution in [0.5, 0.6) is 0 Å². The van der Waals surface area contributed by atoms with Gasteiger partial charge in [0.1, 0.15) is 6.61 Å². The molecule has 0 radical (unpaired) electrons. The molecule has 6 heteroatoms. The summed E-state index contributed by atoms with van der Waals surface area (Å²) in [5.74, 6) is 0.351. The third kappa shape index (κ3) is 3.94. The molecular formula is C16H26N4O2. The molecule has 122 valence electrons. The van der Waals surface area contributed by atoms with Crippen LogP contribution in [0.25, 0.3) is 0 Å². The SMILES string of the molecule is Cc1nc(N(C)C2CCCCC2)ncc1[C@@H](C)NC(=O)CO. The fourth-order valence-electron chi connectivity index (χ4n) is 3.06. The van der Waals surface area contributed by atoms with E-state index < -0.39 is 12.5 Å². The van der Waals surface area contributed by atoms with Gasteiger partial charge in [0.05, 0.1) is 6.04 Å². The second kappa shape index (κ2) is 7.54. The number of hydrogen-bond donors (Lipinski definition) is 2. The molecule has 1 aromatic heterocycles. The minimum Gasteiger partial charge on any atom is -0.387 e. The van der Waals surface area contributed by atoms with Crippen molar-refractivity contribution >= 4 is 11.9 Å². The largest absolute Gasteiger partial charge is 0.387 e. The first-order chi connectivity index (χ1) is 10.5. The molecule has 1 amide bonds. The van der Waals surface area contributed by atoms with Crippen LogP contribution in [0, 0.1) is 6.92 Å². The molecule has 1 aromatic rings. The number of nitrogens with one attached hydrogen (secondary N) is 1. The Labute approximate surface area is 132 Å². The van der Waals surface area contributed by atoms with Crippen LogP contribution in [0.3, 0.4) is 0 Å². The molecule has 1 heterocycles. The molecule has 1 aliphatic rings. The van der Waals surface area contributed by atoms with E-state index in [2.05, 4.69) is 27.2 Å². The average molecular weight is 306 g/mol. The molecule has 0 aliphatic heterocycles. The summed E-state index contributed by atoms with van der Waals surface area (Å²) in [4.78, 5) is 22.5. The maximum absolute atomic E-state index is 11.3. The number of aromatic nitrogens is 2. The number of anilines is 1. The zero-order valence-electron chi connectivity index (χ0n) is 13.7. The lowest BCUT2D eigenvalue weighted by atomic mass is 9.95. The van der Waals surface area contributed by atoms with Crippen LogP contribution in [0.2, 0.25) is 0 Å². The van der Waals surface area contributed by atoms with E-state index in [1.807, 2.05) is 13.8 Å². The van der Waals surface area contributed by atoms with Crippen LogP contribution in [0.4, 0.5) is 5.95 Å². The zero-order chi connectivity index (χ0) is 16.1. The Hall–Kier alpha value is -1.69. The number of hydrogen-bond acceptors (Lipinski definition) is 5. The average Bonchev–Trinajstić information content (AvgIpc) is 2.54. The number of aliphatic hydroxyl groups excluding tert-OH is 1. The van der Waals surface area contributed by atoms with Gasteiger partial charge in [-0.1, -0.05) is 19.3 Å². The Kier molecular flexibility index (Phi) is 5.71. The molecule has 0 unspecified atom stereocenters. The molecule has 6 nitrogen and oxygen atoms in total. The molecule has 1 fully saturated rings. The normalized spacial score (nSPS) is 17.1. The third-order valence-electron chi connectivity index (χ3n) is 4.43. The lowest BCUT2D eigenvalue weighted by molar-refractivity contribution is -0.124. The van der Waals surface area contributed by atoms with Gasteiger partial charge in [-0.25, -0.2) is 9.97 Å². The van der Waals surface area contributed by atoms with Crippen molar-refractivity contribution in [2.75, 3.05) is 18.6 Å². The van der Waals surface area contributed by atoms with Gasteiger partial charge in [-0.05, 0) is 26.7 Å². The highest BCUT2D eigenvalue weighted by molar-refractivity contribution is 5.77. The minimum atomic E-state index is -0.507. The first kappa shape index (κ1) is 16.7. The van der Waals surface area contributed by atoms with Gasteiger partial charge in [0.2, 0.25) is 11.9 Å². The Morgan fingerprint density at radius 1 is 1.45 bits per heavy atom. The fourth-order valence-corrected chi connectivity index (χ4v) is 3.06. The number of carbonyl (C=O) groups excluding carboxylic acids is 1. The number of carbonyl (C=O) groups is 1. The topological polar surface area (TPSA) is 78.4 Å². The monoisotopic (exact) mass is 306 g/mol. The van der Waals surface area contributed by atoms with Crippen LogP contribution in [0.15, 0.2) is 6.20 Å². The van der Waals surface area contributed by atoms with E-state index in [0.29, 0.717) is 6.04 Å². The molecule has 0 aromatic carbocycles. The summed E-state index contributed by atoms with van der Waals surface area (Å²) in [5, 5.41) is 11.5. The van der Waals surface area contributed by atoms with Gasteiger partial charge in [-0.2, -0.15) is 0 Å². The lowest BCUT2D eigenvalue weighted by Crippen LogP contribution is -2.35. The minimum absolute atomic E-state index is 0.214. The number of rotatable bonds is 5.